The van der Waals surface area contributed by atoms with E-state index in [1.54, 1.807) is 0 Å². The highest BCUT2D eigenvalue weighted by molar-refractivity contribution is 6.37. The molecule has 0 fully saturated rings. The van der Waals surface area contributed by atoms with Crippen LogP contribution in [-0.2, 0) is 0 Å². The third-order valence-electron chi connectivity index (χ3n) is 2.51. The lowest BCUT2D eigenvalue weighted by Gasteiger charge is -2.08. The first-order chi connectivity index (χ1) is 9.88. The number of carbonyl (C=O) groups excluding carboxylic acids is 2. The third kappa shape index (κ3) is 3.48. The van der Waals surface area contributed by atoms with E-state index in [1.807, 2.05) is 0 Å². The molecule has 0 spiro atoms. The molecule has 0 radical (unpaired) electrons. The van der Waals surface area contributed by atoms with Crippen LogP contribution < -0.4 is 11.1 Å². The van der Waals surface area contributed by atoms with Gasteiger partial charge in [-0.3, -0.25) is 9.59 Å². The number of rotatable bonds is 3. The maximum atomic E-state index is 13.7. The van der Waals surface area contributed by atoms with Gasteiger partial charge in [-0.15, -0.1) is 0 Å². The van der Waals surface area contributed by atoms with Gasteiger partial charge in [0.25, 0.3) is 11.8 Å². The molecule has 0 unspecified atom stereocenters. The molecule has 0 atom stereocenters. The third-order valence-corrected chi connectivity index (χ3v) is 3.02. The molecule has 2 amide bonds. The van der Waals surface area contributed by atoms with Crippen LogP contribution >= 0.6 is 23.2 Å². The summed E-state index contributed by atoms with van der Waals surface area (Å²) in [6.07, 6.45) is 1.22. The van der Waals surface area contributed by atoms with Crippen LogP contribution in [0.1, 0.15) is 20.8 Å². The number of carbonyl (C=O) groups is 2. The van der Waals surface area contributed by atoms with Gasteiger partial charge in [0.2, 0.25) is 0 Å². The lowest BCUT2D eigenvalue weighted by molar-refractivity contribution is 0.0994. The van der Waals surface area contributed by atoms with Crippen LogP contribution in [0.25, 0.3) is 0 Å². The number of primary amides is 1. The van der Waals surface area contributed by atoms with Crippen LogP contribution in [0, 0.1) is 5.82 Å². The van der Waals surface area contributed by atoms with Crippen molar-refractivity contribution in [1.82, 2.24) is 4.98 Å². The fourth-order valence-electron chi connectivity index (χ4n) is 1.57. The van der Waals surface area contributed by atoms with Crippen molar-refractivity contribution in [2.45, 2.75) is 0 Å². The molecule has 1 aromatic heterocycles. The minimum Gasteiger partial charge on any atom is -0.364 e. The Hall–Kier alpha value is -2.18. The fraction of sp³-hybridized carbons (Fsp3) is 0. The maximum Gasteiger partial charge on any atom is 0.267 e. The van der Waals surface area contributed by atoms with Crippen molar-refractivity contribution >= 4 is 40.7 Å². The number of nitrogens with zero attached hydrogens (tertiary/aromatic N) is 1. The number of halogens is 3. The van der Waals surface area contributed by atoms with Crippen molar-refractivity contribution in [3.8, 4) is 0 Å². The van der Waals surface area contributed by atoms with Crippen LogP contribution in [-0.4, -0.2) is 16.8 Å². The standard InChI is InChI=1S/C13H8Cl2FN3O2/c14-6-3-8(15)11(9(16)4-6)13(21)19-7-1-2-10(12(17)20)18-5-7/h1-5H,(H2,17,20)(H,19,21). The Balaban J connectivity index is 2.24. The zero-order chi connectivity index (χ0) is 15.6. The maximum absolute atomic E-state index is 13.7. The summed E-state index contributed by atoms with van der Waals surface area (Å²) in [6.45, 7) is 0. The van der Waals surface area contributed by atoms with Gasteiger partial charge >= 0.3 is 0 Å². The number of anilines is 1. The molecule has 1 heterocycles. The monoisotopic (exact) mass is 327 g/mol. The largest absolute Gasteiger partial charge is 0.364 e. The Morgan fingerprint density at radius 3 is 2.48 bits per heavy atom. The van der Waals surface area contributed by atoms with E-state index in [-0.39, 0.29) is 27.0 Å². The highest BCUT2D eigenvalue weighted by atomic mass is 35.5. The number of nitrogens with two attached hydrogens (primary N) is 1. The van der Waals surface area contributed by atoms with Gasteiger partial charge in [-0.2, -0.15) is 0 Å². The molecular formula is C13H8Cl2FN3O2. The zero-order valence-corrected chi connectivity index (χ0v) is 11.9. The minimum absolute atomic E-state index is 0.0451. The predicted octanol–water partition coefficient (Wildman–Crippen LogP) is 2.88. The molecule has 0 saturated heterocycles. The zero-order valence-electron chi connectivity index (χ0n) is 10.4. The second-order valence-electron chi connectivity index (χ2n) is 3.99. The van der Waals surface area contributed by atoms with Gasteiger partial charge in [0.1, 0.15) is 11.5 Å². The number of benzene rings is 1. The van der Waals surface area contributed by atoms with Crippen molar-refractivity contribution in [3.05, 3.63) is 57.6 Å². The van der Waals surface area contributed by atoms with E-state index in [0.29, 0.717) is 0 Å². The molecule has 8 heteroatoms. The Labute approximate surface area is 128 Å². The van der Waals surface area contributed by atoms with Crippen LogP contribution in [0.2, 0.25) is 10.0 Å². The summed E-state index contributed by atoms with van der Waals surface area (Å²) < 4.78 is 13.7. The smallest absolute Gasteiger partial charge is 0.267 e. The van der Waals surface area contributed by atoms with Crippen molar-refractivity contribution < 1.29 is 14.0 Å². The summed E-state index contributed by atoms with van der Waals surface area (Å²) in [6, 6.07) is 4.98. The molecule has 0 aliphatic heterocycles. The average Bonchev–Trinajstić information content (AvgIpc) is 2.37. The minimum atomic E-state index is -0.841. The Bertz CT molecular complexity index is 697. The molecule has 2 rings (SSSR count). The number of pyridine rings is 1. The second-order valence-corrected chi connectivity index (χ2v) is 4.84. The number of hydrogen-bond acceptors (Lipinski definition) is 3. The van der Waals surface area contributed by atoms with Crippen molar-refractivity contribution in [1.29, 1.82) is 0 Å². The normalized spacial score (nSPS) is 10.2. The molecule has 0 aliphatic rings. The Morgan fingerprint density at radius 2 is 1.95 bits per heavy atom. The van der Waals surface area contributed by atoms with Gasteiger partial charge in [0.15, 0.2) is 0 Å². The second kappa shape index (κ2) is 6.07. The van der Waals surface area contributed by atoms with Gasteiger partial charge in [0.05, 0.1) is 22.5 Å². The first-order valence-corrected chi connectivity index (χ1v) is 6.36. The first kappa shape index (κ1) is 15.2. The van der Waals surface area contributed by atoms with Gasteiger partial charge < -0.3 is 11.1 Å². The Morgan fingerprint density at radius 1 is 1.24 bits per heavy atom. The van der Waals surface area contributed by atoms with Crippen molar-refractivity contribution in [2.24, 2.45) is 5.73 Å². The van der Waals surface area contributed by atoms with E-state index in [4.69, 9.17) is 28.9 Å². The lowest BCUT2D eigenvalue weighted by atomic mass is 10.2. The van der Waals surface area contributed by atoms with E-state index < -0.39 is 17.6 Å². The fourth-order valence-corrected chi connectivity index (χ4v) is 2.12. The van der Waals surface area contributed by atoms with Crippen LogP contribution in [0.15, 0.2) is 30.5 Å². The number of aromatic nitrogens is 1. The molecule has 21 heavy (non-hydrogen) atoms. The molecule has 3 N–H and O–H groups in total. The number of hydrogen-bond donors (Lipinski definition) is 2. The summed E-state index contributed by atoms with van der Waals surface area (Å²) in [5.74, 6) is -2.30. The van der Waals surface area contributed by atoms with E-state index in [2.05, 4.69) is 10.3 Å². The van der Waals surface area contributed by atoms with Gasteiger partial charge in [-0.05, 0) is 24.3 Å². The molecule has 2 aromatic rings. The molecule has 0 bridgehead atoms. The van der Waals surface area contributed by atoms with Crippen LogP contribution in [0.3, 0.4) is 0 Å². The van der Waals surface area contributed by atoms with Crippen LogP contribution in [0.5, 0.6) is 0 Å². The summed E-state index contributed by atoms with van der Waals surface area (Å²) >= 11 is 11.4. The van der Waals surface area contributed by atoms with Gasteiger partial charge in [0, 0.05) is 5.02 Å². The highest BCUT2D eigenvalue weighted by Crippen LogP contribution is 2.25. The summed E-state index contributed by atoms with van der Waals surface area (Å²) in [7, 11) is 0. The summed E-state index contributed by atoms with van der Waals surface area (Å²) in [5.41, 5.74) is 5.01. The Kier molecular flexibility index (Phi) is 4.40. The van der Waals surface area contributed by atoms with Crippen LogP contribution in [0.4, 0.5) is 10.1 Å². The SMILES string of the molecule is NC(=O)c1ccc(NC(=O)c2c(F)cc(Cl)cc2Cl)cn1. The lowest BCUT2D eigenvalue weighted by Crippen LogP contribution is -2.16. The van der Waals surface area contributed by atoms with Gasteiger partial charge in [-0.25, -0.2) is 9.37 Å². The summed E-state index contributed by atoms with van der Waals surface area (Å²) in [5, 5.41) is 2.38. The number of nitrogens with one attached hydrogen (secondary N) is 1. The first-order valence-electron chi connectivity index (χ1n) is 5.60. The number of amides is 2. The highest BCUT2D eigenvalue weighted by Gasteiger charge is 2.17. The van der Waals surface area contributed by atoms with Crippen molar-refractivity contribution in [3.63, 3.8) is 0 Å². The average molecular weight is 328 g/mol. The molecule has 5 nitrogen and oxygen atoms in total. The molecular weight excluding hydrogens is 320 g/mol. The van der Waals surface area contributed by atoms with Crippen molar-refractivity contribution in [2.75, 3.05) is 5.32 Å². The van der Waals surface area contributed by atoms with E-state index in [1.165, 1.54) is 24.4 Å². The van der Waals surface area contributed by atoms with Gasteiger partial charge in [-0.1, -0.05) is 23.2 Å². The van der Waals surface area contributed by atoms with E-state index in [0.717, 1.165) is 6.07 Å². The molecule has 0 saturated carbocycles. The predicted molar refractivity (Wildman–Crippen MR) is 77.1 cm³/mol. The molecule has 108 valence electrons. The summed E-state index contributed by atoms with van der Waals surface area (Å²) in [4.78, 5) is 26.6. The molecule has 0 aliphatic carbocycles. The topological polar surface area (TPSA) is 85.1 Å². The molecule has 1 aromatic carbocycles. The van der Waals surface area contributed by atoms with E-state index in [9.17, 15) is 14.0 Å². The van der Waals surface area contributed by atoms with E-state index >= 15 is 0 Å². The quantitative estimate of drug-likeness (QED) is 0.908.